The zero-order valence-corrected chi connectivity index (χ0v) is 12.7. The van der Waals surface area contributed by atoms with Crippen molar-refractivity contribution in [2.75, 3.05) is 12.4 Å². The number of aryl methyl sites for hydroxylation is 1. The molecule has 2 N–H and O–H groups in total. The molecule has 0 atom stereocenters. The molecule has 0 aliphatic heterocycles. The Morgan fingerprint density at radius 2 is 2.14 bits per heavy atom. The lowest BCUT2D eigenvalue weighted by molar-refractivity contribution is 0.102. The van der Waals surface area contributed by atoms with Gasteiger partial charge in [-0.15, -0.1) is 0 Å². The highest BCUT2D eigenvalue weighted by Gasteiger charge is 2.18. The van der Waals surface area contributed by atoms with Crippen LogP contribution in [0.2, 0.25) is 0 Å². The summed E-state index contributed by atoms with van der Waals surface area (Å²) in [6.45, 7) is 1.71. The molecule has 0 radical (unpaired) electrons. The molecule has 1 heterocycles. The van der Waals surface area contributed by atoms with Crippen molar-refractivity contribution in [3.8, 4) is 5.75 Å². The number of methoxy groups -OCH3 is 1. The van der Waals surface area contributed by atoms with E-state index in [9.17, 15) is 13.2 Å². The van der Waals surface area contributed by atoms with Crippen molar-refractivity contribution in [3.05, 3.63) is 35.7 Å². The van der Waals surface area contributed by atoms with Gasteiger partial charge in [0.15, 0.2) is 0 Å². The summed E-state index contributed by atoms with van der Waals surface area (Å²) < 4.78 is 27.7. The number of nitrogens with zero attached hydrogens (tertiary/aromatic N) is 1. The normalized spacial score (nSPS) is 11.2. The summed E-state index contributed by atoms with van der Waals surface area (Å²) in [4.78, 5) is 11.9. The van der Waals surface area contributed by atoms with E-state index >= 15 is 0 Å². The highest BCUT2D eigenvalue weighted by Crippen LogP contribution is 2.29. The summed E-state index contributed by atoms with van der Waals surface area (Å²) in [6, 6.07) is 4.06. The fourth-order valence-electron chi connectivity index (χ4n) is 1.72. The Labute approximate surface area is 125 Å². The smallest absolute Gasteiger partial charge is 0.264 e. The Morgan fingerprint density at radius 3 is 2.67 bits per heavy atom. The molecule has 0 unspecified atom stereocenters. The standard InChI is InChI=1S/C12H12ClN3O4S/c1-7-9(6-14-16-7)12(17)15-8-3-4-11(21(13,18)19)10(5-8)20-2/h3-6H,1-2H3,(H,14,16)(H,15,17). The van der Waals surface area contributed by atoms with Crippen LogP contribution in [0.3, 0.4) is 0 Å². The Kier molecular flexibility index (Phi) is 4.19. The van der Waals surface area contributed by atoms with E-state index in [4.69, 9.17) is 15.4 Å². The maximum absolute atomic E-state index is 12.0. The van der Waals surface area contributed by atoms with Crippen LogP contribution in [0.25, 0.3) is 0 Å². The van der Waals surface area contributed by atoms with E-state index in [-0.39, 0.29) is 16.6 Å². The molecule has 0 saturated carbocycles. The third kappa shape index (κ3) is 3.34. The largest absolute Gasteiger partial charge is 0.495 e. The second kappa shape index (κ2) is 5.74. The number of amides is 1. The van der Waals surface area contributed by atoms with Crippen LogP contribution in [0, 0.1) is 6.92 Å². The number of hydrogen-bond acceptors (Lipinski definition) is 5. The van der Waals surface area contributed by atoms with Crippen LogP contribution in [-0.4, -0.2) is 31.6 Å². The molecule has 112 valence electrons. The van der Waals surface area contributed by atoms with Crippen molar-refractivity contribution in [2.45, 2.75) is 11.8 Å². The molecule has 0 spiro atoms. The lowest BCUT2D eigenvalue weighted by atomic mass is 10.2. The van der Waals surface area contributed by atoms with Crippen LogP contribution in [0.15, 0.2) is 29.3 Å². The van der Waals surface area contributed by atoms with Gasteiger partial charge in [0, 0.05) is 28.1 Å². The Balaban J connectivity index is 2.30. The van der Waals surface area contributed by atoms with E-state index in [2.05, 4.69) is 15.5 Å². The molecule has 0 fully saturated rings. The summed E-state index contributed by atoms with van der Waals surface area (Å²) >= 11 is 0. The monoisotopic (exact) mass is 329 g/mol. The molecule has 9 heteroatoms. The highest BCUT2D eigenvalue weighted by atomic mass is 35.7. The van der Waals surface area contributed by atoms with E-state index < -0.39 is 9.05 Å². The number of halogens is 1. The Morgan fingerprint density at radius 1 is 1.43 bits per heavy atom. The number of ether oxygens (including phenoxy) is 1. The molecule has 7 nitrogen and oxygen atoms in total. The number of hydrogen-bond donors (Lipinski definition) is 2. The molecular formula is C12H12ClN3O4S. The number of carbonyl (C=O) groups excluding carboxylic acids is 1. The molecule has 2 aromatic rings. The summed E-state index contributed by atoms with van der Waals surface area (Å²) in [5.74, 6) is -0.323. The maximum atomic E-state index is 12.0. The molecule has 1 aromatic carbocycles. The number of anilines is 1. The summed E-state index contributed by atoms with van der Waals surface area (Å²) in [7, 11) is 2.69. The lowest BCUT2D eigenvalue weighted by Crippen LogP contribution is -2.12. The van der Waals surface area contributed by atoms with Gasteiger partial charge in [0.05, 0.1) is 18.9 Å². The van der Waals surface area contributed by atoms with Crippen molar-refractivity contribution in [1.29, 1.82) is 0 Å². The average Bonchev–Trinajstić information content (AvgIpc) is 2.83. The van der Waals surface area contributed by atoms with Crippen LogP contribution in [0.5, 0.6) is 5.75 Å². The number of nitrogens with one attached hydrogen (secondary N) is 2. The van der Waals surface area contributed by atoms with Crippen LogP contribution < -0.4 is 10.1 Å². The number of rotatable bonds is 4. The lowest BCUT2D eigenvalue weighted by Gasteiger charge is -2.09. The van der Waals surface area contributed by atoms with Gasteiger partial charge in [-0.25, -0.2) is 8.42 Å². The summed E-state index contributed by atoms with van der Waals surface area (Å²) in [6.07, 6.45) is 1.40. The molecule has 0 bridgehead atoms. The predicted molar refractivity (Wildman–Crippen MR) is 77.3 cm³/mol. The van der Waals surface area contributed by atoms with Gasteiger partial charge in [-0.3, -0.25) is 9.89 Å². The van der Waals surface area contributed by atoms with Crippen molar-refractivity contribution in [3.63, 3.8) is 0 Å². The van der Waals surface area contributed by atoms with Gasteiger partial charge in [0.2, 0.25) is 0 Å². The fraction of sp³-hybridized carbons (Fsp3) is 0.167. The third-order valence-electron chi connectivity index (χ3n) is 2.76. The van der Waals surface area contributed by atoms with Crippen LogP contribution in [0.4, 0.5) is 5.69 Å². The first-order valence-corrected chi connectivity index (χ1v) is 8.08. The minimum atomic E-state index is -3.92. The molecule has 0 aliphatic rings. The quantitative estimate of drug-likeness (QED) is 0.834. The number of aromatic nitrogens is 2. The number of carbonyl (C=O) groups is 1. The second-order valence-corrected chi connectivity index (χ2v) is 6.70. The number of H-pyrrole nitrogens is 1. The van der Waals surface area contributed by atoms with Crippen molar-refractivity contribution in [1.82, 2.24) is 10.2 Å². The molecule has 2 rings (SSSR count). The minimum Gasteiger partial charge on any atom is -0.495 e. The molecular weight excluding hydrogens is 318 g/mol. The van der Waals surface area contributed by atoms with Gasteiger partial charge in [0.1, 0.15) is 10.6 Å². The van der Waals surface area contributed by atoms with Crippen LogP contribution in [-0.2, 0) is 9.05 Å². The van der Waals surface area contributed by atoms with E-state index in [0.29, 0.717) is 16.9 Å². The van der Waals surface area contributed by atoms with Crippen LogP contribution >= 0.6 is 10.7 Å². The molecule has 21 heavy (non-hydrogen) atoms. The Hall–Kier alpha value is -2.06. The van der Waals surface area contributed by atoms with E-state index in [1.165, 1.54) is 31.5 Å². The van der Waals surface area contributed by atoms with Crippen molar-refractivity contribution < 1.29 is 17.9 Å². The third-order valence-corrected chi connectivity index (χ3v) is 4.12. The average molecular weight is 330 g/mol. The van der Waals surface area contributed by atoms with Gasteiger partial charge in [-0.1, -0.05) is 0 Å². The first-order valence-electron chi connectivity index (χ1n) is 5.77. The van der Waals surface area contributed by atoms with E-state index in [1.54, 1.807) is 6.92 Å². The minimum absolute atomic E-state index is 0.0479. The molecule has 1 aromatic heterocycles. The molecule has 0 aliphatic carbocycles. The van der Waals surface area contributed by atoms with E-state index in [0.717, 1.165) is 0 Å². The number of benzene rings is 1. The van der Waals surface area contributed by atoms with Crippen molar-refractivity contribution >= 4 is 31.3 Å². The first-order chi connectivity index (χ1) is 9.82. The summed E-state index contributed by atoms with van der Waals surface area (Å²) in [5.41, 5.74) is 1.39. The van der Waals surface area contributed by atoms with Gasteiger partial charge < -0.3 is 10.1 Å². The van der Waals surface area contributed by atoms with Gasteiger partial charge in [-0.05, 0) is 19.1 Å². The van der Waals surface area contributed by atoms with Gasteiger partial charge in [-0.2, -0.15) is 5.10 Å². The highest BCUT2D eigenvalue weighted by molar-refractivity contribution is 8.13. The Bertz CT molecular complexity index is 786. The second-order valence-electron chi connectivity index (χ2n) is 4.17. The summed E-state index contributed by atoms with van der Waals surface area (Å²) in [5, 5.41) is 9.03. The zero-order valence-electron chi connectivity index (χ0n) is 11.2. The van der Waals surface area contributed by atoms with Gasteiger partial charge >= 0.3 is 0 Å². The molecule has 0 saturated heterocycles. The van der Waals surface area contributed by atoms with Gasteiger partial charge in [0.25, 0.3) is 15.0 Å². The predicted octanol–water partition coefficient (Wildman–Crippen LogP) is 1.91. The SMILES string of the molecule is COc1cc(NC(=O)c2cn[nH]c2C)ccc1S(=O)(=O)Cl. The van der Waals surface area contributed by atoms with Crippen LogP contribution in [0.1, 0.15) is 16.1 Å². The molecule has 1 amide bonds. The van der Waals surface area contributed by atoms with Crippen molar-refractivity contribution in [2.24, 2.45) is 0 Å². The zero-order chi connectivity index (χ0) is 15.6. The number of aromatic amines is 1. The fourth-order valence-corrected chi connectivity index (χ4v) is 2.72. The topological polar surface area (TPSA) is 101 Å². The van der Waals surface area contributed by atoms with E-state index in [1.807, 2.05) is 0 Å². The first kappa shape index (κ1) is 15.3. The maximum Gasteiger partial charge on any atom is 0.264 e.